The smallest absolute Gasteiger partial charge is 0.183 e. The van der Waals surface area contributed by atoms with Crippen molar-refractivity contribution in [3.05, 3.63) is 16.7 Å². The number of methoxy groups -OCH3 is 3. The van der Waals surface area contributed by atoms with Crippen molar-refractivity contribution in [3.63, 3.8) is 0 Å². The molecule has 0 spiro atoms. The number of piperidine rings is 1. The molecule has 0 atom stereocenters. The molecule has 0 saturated carbocycles. The van der Waals surface area contributed by atoms with E-state index in [2.05, 4.69) is 5.32 Å². The summed E-state index contributed by atoms with van der Waals surface area (Å²) in [7, 11) is 4.84. The van der Waals surface area contributed by atoms with Crippen LogP contribution in [-0.2, 0) is 6.42 Å². The molecule has 1 aromatic carbocycles. The van der Waals surface area contributed by atoms with Gasteiger partial charge in [-0.25, -0.2) is 0 Å². The zero-order valence-corrected chi connectivity index (χ0v) is 13.0. The third kappa shape index (κ3) is 3.13. The average molecular weight is 300 g/mol. The van der Waals surface area contributed by atoms with Crippen molar-refractivity contribution >= 4 is 11.6 Å². The molecular formula is C15H22ClNO3. The molecule has 1 aliphatic rings. The van der Waals surface area contributed by atoms with Gasteiger partial charge in [-0.3, -0.25) is 0 Å². The van der Waals surface area contributed by atoms with Gasteiger partial charge < -0.3 is 19.5 Å². The molecule has 5 heteroatoms. The number of halogens is 1. The molecule has 1 heterocycles. The highest BCUT2D eigenvalue weighted by molar-refractivity contribution is 6.34. The van der Waals surface area contributed by atoms with Gasteiger partial charge in [0, 0.05) is 0 Å². The van der Waals surface area contributed by atoms with Crippen molar-refractivity contribution in [3.8, 4) is 17.2 Å². The number of hydrogen-bond donors (Lipinski definition) is 1. The summed E-state index contributed by atoms with van der Waals surface area (Å²) in [5, 5.41) is 3.86. The van der Waals surface area contributed by atoms with Crippen LogP contribution in [-0.4, -0.2) is 34.4 Å². The van der Waals surface area contributed by atoms with E-state index in [1.165, 1.54) is 12.8 Å². The molecule has 112 valence electrons. The lowest BCUT2D eigenvalue weighted by Crippen LogP contribution is -2.28. The first kappa shape index (κ1) is 15.3. The SMILES string of the molecule is COc1cc(CC2CCNCC2)c(OC)c(Cl)c1OC. The summed E-state index contributed by atoms with van der Waals surface area (Å²) in [6, 6.07) is 1.98. The molecule has 0 radical (unpaired) electrons. The first-order valence-electron chi connectivity index (χ1n) is 6.89. The molecule has 1 saturated heterocycles. The quantitative estimate of drug-likeness (QED) is 0.907. The van der Waals surface area contributed by atoms with Gasteiger partial charge in [-0.1, -0.05) is 11.6 Å². The maximum absolute atomic E-state index is 6.37. The Morgan fingerprint density at radius 3 is 2.30 bits per heavy atom. The Bertz CT molecular complexity index is 459. The molecule has 20 heavy (non-hydrogen) atoms. The van der Waals surface area contributed by atoms with Crippen molar-refractivity contribution in [2.45, 2.75) is 19.3 Å². The average Bonchev–Trinajstić information content (AvgIpc) is 2.48. The largest absolute Gasteiger partial charge is 0.495 e. The van der Waals surface area contributed by atoms with Crippen LogP contribution in [0, 0.1) is 5.92 Å². The first-order chi connectivity index (χ1) is 9.71. The van der Waals surface area contributed by atoms with Crippen LogP contribution in [0.4, 0.5) is 0 Å². The highest BCUT2D eigenvalue weighted by atomic mass is 35.5. The summed E-state index contributed by atoms with van der Waals surface area (Å²) in [5.41, 5.74) is 1.09. The summed E-state index contributed by atoms with van der Waals surface area (Å²) < 4.78 is 16.2. The molecule has 1 aromatic rings. The molecule has 0 aliphatic carbocycles. The fraction of sp³-hybridized carbons (Fsp3) is 0.600. The number of ether oxygens (including phenoxy) is 3. The minimum Gasteiger partial charge on any atom is -0.495 e. The van der Waals surface area contributed by atoms with E-state index >= 15 is 0 Å². The Morgan fingerprint density at radius 1 is 1.10 bits per heavy atom. The fourth-order valence-corrected chi connectivity index (χ4v) is 3.12. The summed E-state index contributed by atoms with van der Waals surface area (Å²) in [6.07, 6.45) is 3.30. The number of nitrogens with one attached hydrogen (secondary N) is 1. The Balaban J connectivity index is 2.32. The Hall–Kier alpha value is -1.13. The lowest BCUT2D eigenvalue weighted by molar-refractivity contribution is 0.340. The van der Waals surface area contributed by atoms with Crippen LogP contribution in [0.1, 0.15) is 18.4 Å². The third-order valence-corrected chi connectivity index (χ3v) is 4.16. The Labute approximate surface area is 125 Å². The van der Waals surface area contributed by atoms with Crippen LogP contribution in [0.25, 0.3) is 0 Å². The molecular weight excluding hydrogens is 278 g/mol. The van der Waals surface area contributed by atoms with Crippen LogP contribution in [0.2, 0.25) is 5.02 Å². The predicted molar refractivity (Wildman–Crippen MR) is 80.4 cm³/mol. The van der Waals surface area contributed by atoms with Gasteiger partial charge in [0.2, 0.25) is 0 Å². The van der Waals surface area contributed by atoms with Crippen LogP contribution in [0.3, 0.4) is 0 Å². The normalized spacial score (nSPS) is 16.0. The van der Waals surface area contributed by atoms with Crippen molar-refractivity contribution in [1.82, 2.24) is 5.32 Å². The predicted octanol–water partition coefficient (Wildman–Crippen LogP) is 2.91. The molecule has 0 bridgehead atoms. The number of benzene rings is 1. The lowest BCUT2D eigenvalue weighted by atomic mass is 9.90. The monoisotopic (exact) mass is 299 g/mol. The molecule has 2 rings (SSSR count). The van der Waals surface area contributed by atoms with E-state index in [0.29, 0.717) is 28.2 Å². The van der Waals surface area contributed by atoms with Gasteiger partial charge in [-0.2, -0.15) is 0 Å². The Morgan fingerprint density at radius 2 is 1.75 bits per heavy atom. The van der Waals surface area contributed by atoms with E-state index in [0.717, 1.165) is 25.1 Å². The standard InChI is InChI=1S/C15H22ClNO3/c1-18-12-9-11(8-10-4-6-17-7-5-10)14(19-2)13(16)15(12)20-3/h9-10,17H,4-8H2,1-3H3. The molecule has 0 unspecified atom stereocenters. The minimum atomic E-state index is 0.485. The van der Waals surface area contributed by atoms with E-state index in [-0.39, 0.29) is 0 Å². The van der Waals surface area contributed by atoms with Gasteiger partial charge in [-0.05, 0) is 49.9 Å². The van der Waals surface area contributed by atoms with Crippen LogP contribution >= 0.6 is 11.6 Å². The van der Waals surface area contributed by atoms with Crippen molar-refractivity contribution in [1.29, 1.82) is 0 Å². The zero-order chi connectivity index (χ0) is 14.5. The van der Waals surface area contributed by atoms with Crippen LogP contribution < -0.4 is 19.5 Å². The minimum absolute atomic E-state index is 0.485. The van der Waals surface area contributed by atoms with Gasteiger partial charge in [0.1, 0.15) is 10.8 Å². The second-order valence-electron chi connectivity index (χ2n) is 5.02. The lowest BCUT2D eigenvalue weighted by Gasteiger charge is -2.24. The molecule has 1 aliphatic heterocycles. The summed E-state index contributed by atoms with van der Waals surface area (Å²) >= 11 is 6.37. The van der Waals surface area contributed by atoms with Crippen LogP contribution in [0.15, 0.2) is 6.07 Å². The van der Waals surface area contributed by atoms with Crippen molar-refractivity contribution in [2.75, 3.05) is 34.4 Å². The Kier molecular flexibility index (Phi) is 5.38. The fourth-order valence-electron chi connectivity index (χ4n) is 2.75. The maximum Gasteiger partial charge on any atom is 0.183 e. The third-order valence-electron chi connectivity index (χ3n) is 3.81. The number of hydrogen-bond acceptors (Lipinski definition) is 4. The van der Waals surface area contributed by atoms with E-state index in [9.17, 15) is 0 Å². The van der Waals surface area contributed by atoms with Gasteiger partial charge >= 0.3 is 0 Å². The van der Waals surface area contributed by atoms with E-state index in [4.69, 9.17) is 25.8 Å². The molecule has 1 N–H and O–H groups in total. The van der Waals surface area contributed by atoms with E-state index in [1.807, 2.05) is 6.07 Å². The summed E-state index contributed by atoms with van der Waals surface area (Å²) in [4.78, 5) is 0. The van der Waals surface area contributed by atoms with Crippen molar-refractivity contribution in [2.24, 2.45) is 5.92 Å². The second kappa shape index (κ2) is 7.04. The topological polar surface area (TPSA) is 39.7 Å². The first-order valence-corrected chi connectivity index (χ1v) is 7.27. The molecule has 1 fully saturated rings. The van der Waals surface area contributed by atoms with Gasteiger partial charge in [0.25, 0.3) is 0 Å². The van der Waals surface area contributed by atoms with Crippen LogP contribution in [0.5, 0.6) is 17.2 Å². The highest BCUT2D eigenvalue weighted by Gasteiger charge is 2.22. The molecule has 4 nitrogen and oxygen atoms in total. The van der Waals surface area contributed by atoms with Gasteiger partial charge in [0.05, 0.1) is 21.3 Å². The van der Waals surface area contributed by atoms with Gasteiger partial charge in [-0.15, -0.1) is 0 Å². The highest BCUT2D eigenvalue weighted by Crippen LogP contribution is 2.44. The zero-order valence-electron chi connectivity index (χ0n) is 12.3. The van der Waals surface area contributed by atoms with Gasteiger partial charge in [0.15, 0.2) is 11.5 Å². The maximum atomic E-state index is 6.37. The molecule has 0 aromatic heterocycles. The van der Waals surface area contributed by atoms with E-state index < -0.39 is 0 Å². The van der Waals surface area contributed by atoms with Crippen molar-refractivity contribution < 1.29 is 14.2 Å². The second-order valence-corrected chi connectivity index (χ2v) is 5.39. The summed E-state index contributed by atoms with van der Waals surface area (Å²) in [6.45, 7) is 2.15. The number of rotatable bonds is 5. The molecule has 0 amide bonds. The van der Waals surface area contributed by atoms with E-state index in [1.54, 1.807) is 21.3 Å². The summed E-state index contributed by atoms with van der Waals surface area (Å²) in [5.74, 6) is 2.53.